The van der Waals surface area contributed by atoms with Gasteiger partial charge in [-0.05, 0) is 32.4 Å². The molecule has 92 valence electrons. The standard InChI is InChI=1S/C12H23N3O/c1-4-15(7-8-16-3)10-12(9-13,14-2)11-5-6-11/h11,14H,4-8,10H2,1-3H3. The van der Waals surface area contributed by atoms with Gasteiger partial charge < -0.3 is 10.1 Å². The summed E-state index contributed by atoms with van der Waals surface area (Å²) in [6.07, 6.45) is 2.35. The van der Waals surface area contributed by atoms with Crippen LogP contribution in [0.15, 0.2) is 0 Å². The molecule has 0 aromatic heterocycles. The molecule has 0 radical (unpaired) electrons. The Morgan fingerprint density at radius 2 is 2.25 bits per heavy atom. The maximum Gasteiger partial charge on any atom is 0.122 e. The first-order chi connectivity index (χ1) is 7.72. The Morgan fingerprint density at radius 3 is 2.62 bits per heavy atom. The van der Waals surface area contributed by atoms with Gasteiger partial charge in [-0.15, -0.1) is 0 Å². The average molecular weight is 225 g/mol. The maximum atomic E-state index is 9.39. The smallest absolute Gasteiger partial charge is 0.122 e. The lowest BCUT2D eigenvalue weighted by Crippen LogP contribution is -2.53. The predicted octanol–water partition coefficient (Wildman–Crippen LogP) is 0.846. The van der Waals surface area contributed by atoms with Crippen molar-refractivity contribution in [2.24, 2.45) is 5.92 Å². The van der Waals surface area contributed by atoms with Gasteiger partial charge in [-0.1, -0.05) is 6.92 Å². The van der Waals surface area contributed by atoms with Crippen LogP contribution in [0.5, 0.6) is 0 Å². The molecular formula is C12H23N3O. The maximum absolute atomic E-state index is 9.39. The first-order valence-electron chi connectivity index (χ1n) is 6.04. The Balaban J connectivity index is 2.55. The number of nitrogens with one attached hydrogen (secondary N) is 1. The summed E-state index contributed by atoms with van der Waals surface area (Å²) in [6, 6.07) is 2.47. The van der Waals surface area contributed by atoms with Gasteiger partial charge in [-0.2, -0.15) is 5.26 Å². The van der Waals surface area contributed by atoms with E-state index in [1.165, 1.54) is 12.8 Å². The zero-order chi connectivity index (χ0) is 12.0. The summed E-state index contributed by atoms with van der Waals surface area (Å²) in [5, 5.41) is 12.6. The second-order valence-electron chi connectivity index (χ2n) is 4.47. The van der Waals surface area contributed by atoms with Crippen molar-refractivity contribution < 1.29 is 4.74 Å². The minimum Gasteiger partial charge on any atom is -0.383 e. The van der Waals surface area contributed by atoms with Crippen LogP contribution in [0, 0.1) is 17.2 Å². The Bertz CT molecular complexity index is 247. The van der Waals surface area contributed by atoms with Crippen molar-refractivity contribution in [3.05, 3.63) is 0 Å². The summed E-state index contributed by atoms with van der Waals surface area (Å²) in [6.45, 7) is 5.50. The van der Waals surface area contributed by atoms with Crippen molar-refractivity contribution in [1.82, 2.24) is 10.2 Å². The molecule has 1 N–H and O–H groups in total. The predicted molar refractivity (Wildman–Crippen MR) is 64.1 cm³/mol. The summed E-state index contributed by atoms with van der Waals surface area (Å²) in [5.74, 6) is 0.527. The lowest BCUT2D eigenvalue weighted by atomic mass is 9.94. The number of hydrogen-bond acceptors (Lipinski definition) is 4. The van der Waals surface area contributed by atoms with Crippen LogP contribution in [0.3, 0.4) is 0 Å². The molecule has 1 aliphatic rings. The van der Waals surface area contributed by atoms with Gasteiger partial charge >= 0.3 is 0 Å². The van der Waals surface area contributed by atoms with Gasteiger partial charge in [0.15, 0.2) is 0 Å². The summed E-state index contributed by atoms with van der Waals surface area (Å²) in [4.78, 5) is 2.28. The molecule has 0 bridgehead atoms. The van der Waals surface area contributed by atoms with Crippen LogP contribution in [0.25, 0.3) is 0 Å². The number of nitriles is 1. The summed E-state index contributed by atoms with van der Waals surface area (Å²) >= 11 is 0. The highest BCUT2D eigenvalue weighted by molar-refractivity contribution is 5.16. The molecule has 1 atom stereocenters. The minimum atomic E-state index is -0.357. The van der Waals surface area contributed by atoms with Crippen molar-refractivity contribution in [3.8, 4) is 6.07 Å². The van der Waals surface area contributed by atoms with E-state index in [9.17, 15) is 5.26 Å². The number of methoxy groups -OCH3 is 1. The van der Waals surface area contributed by atoms with Crippen LogP contribution in [-0.4, -0.2) is 50.8 Å². The van der Waals surface area contributed by atoms with E-state index in [1.54, 1.807) is 7.11 Å². The van der Waals surface area contributed by atoms with Gasteiger partial charge in [-0.3, -0.25) is 4.90 Å². The fourth-order valence-electron chi connectivity index (χ4n) is 2.09. The van der Waals surface area contributed by atoms with E-state index >= 15 is 0 Å². The van der Waals surface area contributed by atoms with E-state index in [4.69, 9.17) is 4.74 Å². The van der Waals surface area contributed by atoms with Crippen LogP contribution in [0.4, 0.5) is 0 Å². The first kappa shape index (κ1) is 13.4. The largest absolute Gasteiger partial charge is 0.383 e. The minimum absolute atomic E-state index is 0.357. The second kappa shape index (κ2) is 6.19. The van der Waals surface area contributed by atoms with Crippen molar-refractivity contribution >= 4 is 0 Å². The molecule has 0 saturated heterocycles. The molecular weight excluding hydrogens is 202 g/mol. The number of rotatable bonds is 8. The van der Waals surface area contributed by atoms with Gasteiger partial charge in [0.1, 0.15) is 5.54 Å². The number of hydrogen-bond donors (Lipinski definition) is 1. The zero-order valence-electron chi connectivity index (χ0n) is 10.6. The molecule has 16 heavy (non-hydrogen) atoms. The van der Waals surface area contributed by atoms with Gasteiger partial charge in [0.05, 0.1) is 12.7 Å². The van der Waals surface area contributed by atoms with Crippen LogP contribution >= 0.6 is 0 Å². The van der Waals surface area contributed by atoms with Crippen molar-refractivity contribution in [1.29, 1.82) is 5.26 Å². The van der Waals surface area contributed by atoms with E-state index < -0.39 is 0 Å². The molecule has 1 aliphatic carbocycles. The lowest BCUT2D eigenvalue weighted by molar-refractivity contribution is 0.132. The molecule has 0 amide bonds. The average Bonchev–Trinajstić information content (AvgIpc) is 3.15. The van der Waals surface area contributed by atoms with E-state index in [2.05, 4.69) is 23.2 Å². The monoisotopic (exact) mass is 225 g/mol. The van der Waals surface area contributed by atoms with E-state index in [-0.39, 0.29) is 5.54 Å². The van der Waals surface area contributed by atoms with Gasteiger partial charge in [0.25, 0.3) is 0 Å². The summed E-state index contributed by atoms with van der Waals surface area (Å²) in [5.41, 5.74) is -0.357. The Labute approximate surface area is 98.6 Å². The van der Waals surface area contributed by atoms with Gasteiger partial charge in [0, 0.05) is 20.2 Å². The second-order valence-corrected chi connectivity index (χ2v) is 4.47. The third kappa shape index (κ3) is 3.18. The molecule has 4 nitrogen and oxygen atoms in total. The Hall–Kier alpha value is -0.630. The van der Waals surface area contributed by atoms with Gasteiger partial charge in [0.2, 0.25) is 0 Å². The summed E-state index contributed by atoms with van der Waals surface area (Å²) in [7, 11) is 3.61. The Kier molecular flexibility index (Phi) is 5.20. The third-order valence-electron chi connectivity index (χ3n) is 3.45. The van der Waals surface area contributed by atoms with Crippen LogP contribution in [0.2, 0.25) is 0 Å². The van der Waals surface area contributed by atoms with Gasteiger partial charge in [-0.25, -0.2) is 0 Å². The van der Waals surface area contributed by atoms with Crippen molar-refractivity contribution in [3.63, 3.8) is 0 Å². The van der Waals surface area contributed by atoms with Crippen molar-refractivity contribution in [2.45, 2.75) is 25.3 Å². The van der Waals surface area contributed by atoms with Crippen LogP contribution in [0.1, 0.15) is 19.8 Å². The fraction of sp³-hybridized carbons (Fsp3) is 0.917. The van der Waals surface area contributed by atoms with Crippen LogP contribution < -0.4 is 5.32 Å². The molecule has 0 aromatic carbocycles. The highest BCUT2D eigenvalue weighted by Gasteiger charge is 2.45. The number of likely N-dealkylation sites (N-methyl/N-ethyl adjacent to an activating group) is 2. The molecule has 0 aromatic rings. The van der Waals surface area contributed by atoms with E-state index in [0.29, 0.717) is 5.92 Å². The molecule has 4 heteroatoms. The van der Waals surface area contributed by atoms with E-state index in [0.717, 1.165) is 26.2 Å². The molecule has 0 heterocycles. The normalized spacial score (nSPS) is 19.4. The number of nitrogens with zero attached hydrogens (tertiary/aromatic N) is 2. The molecule has 1 rings (SSSR count). The lowest BCUT2D eigenvalue weighted by Gasteiger charge is -2.32. The first-order valence-corrected chi connectivity index (χ1v) is 6.04. The van der Waals surface area contributed by atoms with Crippen LogP contribution in [-0.2, 0) is 4.74 Å². The summed E-state index contributed by atoms with van der Waals surface area (Å²) < 4.78 is 5.09. The molecule has 0 aliphatic heterocycles. The molecule has 0 spiro atoms. The third-order valence-corrected chi connectivity index (χ3v) is 3.45. The fourth-order valence-corrected chi connectivity index (χ4v) is 2.09. The highest BCUT2D eigenvalue weighted by atomic mass is 16.5. The zero-order valence-corrected chi connectivity index (χ0v) is 10.6. The Morgan fingerprint density at radius 1 is 1.56 bits per heavy atom. The highest BCUT2D eigenvalue weighted by Crippen LogP contribution is 2.39. The number of ether oxygens (including phenoxy) is 1. The molecule has 1 unspecified atom stereocenters. The van der Waals surface area contributed by atoms with E-state index in [1.807, 2.05) is 7.05 Å². The molecule has 1 saturated carbocycles. The van der Waals surface area contributed by atoms with Crippen molar-refractivity contribution in [2.75, 3.05) is 40.4 Å². The quantitative estimate of drug-likeness (QED) is 0.665. The molecule has 1 fully saturated rings. The SMILES string of the molecule is CCN(CCOC)CC(C#N)(NC)C1CC1. The topological polar surface area (TPSA) is 48.3 Å².